The molecule has 0 aliphatic carbocycles. The van der Waals surface area contributed by atoms with Gasteiger partial charge < -0.3 is 4.98 Å². The van der Waals surface area contributed by atoms with Crippen LogP contribution in [-0.4, -0.2) is 23.7 Å². The monoisotopic (exact) mass is 503 g/mol. The molecule has 3 aromatic carbocycles. The number of benzene rings is 3. The van der Waals surface area contributed by atoms with Crippen LogP contribution in [0.5, 0.6) is 0 Å². The third-order valence-corrected chi connectivity index (χ3v) is 7.71. The van der Waals surface area contributed by atoms with Crippen LogP contribution in [0, 0.1) is 13.8 Å². The first kappa shape index (κ1) is 23.6. The largest absolute Gasteiger partial charge is 0.361 e. The second-order valence-electron chi connectivity index (χ2n) is 9.67. The highest BCUT2D eigenvalue weighted by Gasteiger charge is 2.34. The molecular formula is C31H29N5O2. The van der Waals surface area contributed by atoms with Gasteiger partial charge in [0.05, 0.1) is 28.4 Å². The van der Waals surface area contributed by atoms with E-state index in [9.17, 15) is 9.59 Å². The highest BCUT2D eigenvalue weighted by atomic mass is 16.1. The number of hydrogen-bond acceptors (Lipinski definition) is 2. The van der Waals surface area contributed by atoms with E-state index in [-0.39, 0.29) is 11.1 Å². The Morgan fingerprint density at radius 3 is 1.58 bits per heavy atom. The van der Waals surface area contributed by atoms with E-state index in [1.807, 2.05) is 128 Å². The molecule has 190 valence electrons. The fraction of sp³-hybridized carbons (Fsp3) is 0.161. The predicted octanol–water partition coefficient (Wildman–Crippen LogP) is 4.94. The van der Waals surface area contributed by atoms with Crippen molar-refractivity contribution in [3.8, 4) is 11.4 Å². The zero-order valence-corrected chi connectivity index (χ0v) is 21.8. The van der Waals surface area contributed by atoms with E-state index in [0.717, 1.165) is 39.2 Å². The molecule has 0 spiro atoms. The zero-order valence-electron chi connectivity index (χ0n) is 21.8. The minimum absolute atomic E-state index is 0.139. The van der Waals surface area contributed by atoms with Crippen LogP contribution >= 0.6 is 0 Å². The van der Waals surface area contributed by atoms with Gasteiger partial charge in [-0.1, -0.05) is 54.6 Å². The first-order chi connectivity index (χ1) is 18.4. The maximum atomic E-state index is 14.3. The Hall–Kier alpha value is -4.78. The summed E-state index contributed by atoms with van der Waals surface area (Å²) < 4.78 is 7.12. The summed E-state index contributed by atoms with van der Waals surface area (Å²) in [5.41, 5.74) is 5.93. The molecule has 0 saturated carbocycles. The molecule has 6 rings (SSSR count). The van der Waals surface area contributed by atoms with Crippen LogP contribution in [0.3, 0.4) is 0 Å². The van der Waals surface area contributed by atoms with Crippen LogP contribution in [-0.2, 0) is 14.1 Å². The first-order valence-electron chi connectivity index (χ1n) is 12.6. The number of hydrogen-bond donors (Lipinski definition) is 1. The highest BCUT2D eigenvalue weighted by molar-refractivity contribution is 5.85. The molecule has 6 aromatic rings. The van der Waals surface area contributed by atoms with E-state index >= 15 is 0 Å². The van der Waals surface area contributed by atoms with E-state index < -0.39 is 5.92 Å². The van der Waals surface area contributed by atoms with Gasteiger partial charge in [0.25, 0.3) is 11.1 Å². The van der Waals surface area contributed by atoms with Gasteiger partial charge in [-0.05, 0) is 49.7 Å². The van der Waals surface area contributed by atoms with Gasteiger partial charge in [0.15, 0.2) is 0 Å². The molecule has 0 radical (unpaired) electrons. The fourth-order valence-corrected chi connectivity index (χ4v) is 5.63. The lowest BCUT2D eigenvalue weighted by molar-refractivity contribution is 0.630. The van der Waals surface area contributed by atoms with Crippen molar-refractivity contribution in [2.45, 2.75) is 19.8 Å². The van der Waals surface area contributed by atoms with Crippen molar-refractivity contribution in [3.05, 3.63) is 140 Å². The summed E-state index contributed by atoms with van der Waals surface area (Å²) in [4.78, 5) is 31.9. The number of para-hydroxylation sites is 3. The predicted molar refractivity (Wildman–Crippen MR) is 151 cm³/mol. The number of rotatable bonds is 5. The molecule has 3 aromatic heterocycles. The van der Waals surface area contributed by atoms with E-state index in [0.29, 0.717) is 11.1 Å². The Bertz CT molecular complexity index is 1800. The maximum Gasteiger partial charge on any atom is 0.275 e. The van der Waals surface area contributed by atoms with Crippen molar-refractivity contribution in [2.24, 2.45) is 14.1 Å². The topological polar surface area (TPSA) is 69.7 Å². The summed E-state index contributed by atoms with van der Waals surface area (Å²) in [6.07, 6.45) is 1.94. The minimum atomic E-state index is -0.571. The summed E-state index contributed by atoms with van der Waals surface area (Å²) in [7, 11) is 3.78. The SMILES string of the molecule is Cc1c(C(c2c(C)n(C)n(-c3ccccc3)c2=O)c2c[nH]c3ccccc23)c(=O)n(-c2ccccc2)n1C. The molecule has 0 saturated heterocycles. The van der Waals surface area contributed by atoms with Gasteiger partial charge in [-0.2, -0.15) is 0 Å². The molecule has 0 unspecified atom stereocenters. The normalized spacial score (nSPS) is 11.6. The second kappa shape index (κ2) is 8.95. The Labute approximate surface area is 219 Å². The van der Waals surface area contributed by atoms with Gasteiger partial charge in [0.2, 0.25) is 0 Å². The Morgan fingerprint density at radius 1 is 0.632 bits per heavy atom. The first-order valence-corrected chi connectivity index (χ1v) is 12.6. The van der Waals surface area contributed by atoms with Crippen molar-refractivity contribution in [1.29, 1.82) is 0 Å². The van der Waals surface area contributed by atoms with E-state index in [1.165, 1.54) is 0 Å². The van der Waals surface area contributed by atoms with E-state index in [2.05, 4.69) is 4.98 Å². The molecule has 0 bridgehead atoms. The van der Waals surface area contributed by atoms with Crippen molar-refractivity contribution in [2.75, 3.05) is 0 Å². The second-order valence-corrected chi connectivity index (χ2v) is 9.67. The molecule has 0 aliphatic rings. The standard InChI is InChI=1S/C31H29N5O2/c1-20-27(30(37)35(33(20)3)22-13-7-5-8-14-22)29(25-19-32-26-18-12-11-17-24(25)26)28-21(2)34(4)36(31(28)38)23-15-9-6-10-16-23/h5-19,29,32H,1-4H3. The summed E-state index contributed by atoms with van der Waals surface area (Å²) in [5, 5.41) is 0.986. The summed E-state index contributed by atoms with van der Waals surface area (Å²) in [6.45, 7) is 3.90. The van der Waals surface area contributed by atoms with Crippen molar-refractivity contribution >= 4 is 10.9 Å². The highest BCUT2D eigenvalue weighted by Crippen LogP contribution is 2.37. The molecule has 38 heavy (non-hydrogen) atoms. The lowest BCUT2D eigenvalue weighted by atomic mass is 9.85. The summed E-state index contributed by atoms with van der Waals surface area (Å²) in [5.74, 6) is -0.571. The number of aromatic nitrogens is 5. The average Bonchev–Trinajstić information content (AvgIpc) is 3.53. The van der Waals surface area contributed by atoms with E-state index in [1.54, 1.807) is 9.36 Å². The molecule has 1 N–H and O–H groups in total. The summed E-state index contributed by atoms with van der Waals surface area (Å²) >= 11 is 0. The van der Waals surface area contributed by atoms with Crippen LogP contribution in [0.4, 0.5) is 0 Å². The lowest BCUT2D eigenvalue weighted by Crippen LogP contribution is -2.26. The van der Waals surface area contributed by atoms with E-state index in [4.69, 9.17) is 0 Å². The van der Waals surface area contributed by atoms with Crippen LogP contribution < -0.4 is 11.1 Å². The van der Waals surface area contributed by atoms with Crippen molar-refractivity contribution in [1.82, 2.24) is 23.7 Å². The van der Waals surface area contributed by atoms with Gasteiger partial charge in [-0.3, -0.25) is 19.0 Å². The summed E-state index contributed by atoms with van der Waals surface area (Å²) in [6, 6.07) is 27.2. The molecular weight excluding hydrogens is 474 g/mol. The number of nitrogens with zero attached hydrogens (tertiary/aromatic N) is 4. The molecule has 0 fully saturated rings. The van der Waals surface area contributed by atoms with Crippen molar-refractivity contribution < 1.29 is 0 Å². The van der Waals surface area contributed by atoms with Crippen LogP contribution in [0.15, 0.2) is 101 Å². The van der Waals surface area contributed by atoms with Crippen LogP contribution in [0.25, 0.3) is 22.3 Å². The smallest absolute Gasteiger partial charge is 0.275 e. The van der Waals surface area contributed by atoms with Gasteiger partial charge in [-0.25, -0.2) is 9.36 Å². The number of fused-ring (bicyclic) bond motifs is 1. The molecule has 0 atom stereocenters. The third-order valence-electron chi connectivity index (χ3n) is 7.71. The molecule has 7 heteroatoms. The lowest BCUT2D eigenvalue weighted by Gasteiger charge is -2.15. The molecule has 7 nitrogen and oxygen atoms in total. The number of H-pyrrole nitrogens is 1. The zero-order chi connectivity index (χ0) is 26.6. The number of aromatic amines is 1. The van der Waals surface area contributed by atoms with Crippen molar-refractivity contribution in [3.63, 3.8) is 0 Å². The quantitative estimate of drug-likeness (QED) is 0.362. The Kier molecular flexibility index (Phi) is 5.56. The van der Waals surface area contributed by atoms with Gasteiger partial charge in [0, 0.05) is 42.6 Å². The maximum absolute atomic E-state index is 14.3. The van der Waals surface area contributed by atoms with Gasteiger partial charge in [0.1, 0.15) is 0 Å². The van der Waals surface area contributed by atoms with Crippen LogP contribution in [0.1, 0.15) is 34.0 Å². The fourth-order valence-electron chi connectivity index (χ4n) is 5.63. The average molecular weight is 504 g/mol. The Morgan fingerprint density at radius 2 is 1.08 bits per heavy atom. The molecule has 0 amide bonds. The molecule has 3 heterocycles. The third kappa shape index (κ3) is 3.43. The minimum Gasteiger partial charge on any atom is -0.361 e. The van der Waals surface area contributed by atoms with Crippen LogP contribution in [0.2, 0.25) is 0 Å². The molecule has 0 aliphatic heterocycles. The number of nitrogens with one attached hydrogen (secondary N) is 1. The van der Waals surface area contributed by atoms with Gasteiger partial charge >= 0.3 is 0 Å². The Balaban J connectivity index is 1.71. The van der Waals surface area contributed by atoms with Gasteiger partial charge in [-0.15, -0.1) is 0 Å².